The number of anilines is 3. The lowest BCUT2D eigenvalue weighted by Gasteiger charge is -2.33. The van der Waals surface area contributed by atoms with E-state index in [1.165, 1.54) is 6.07 Å². The molecule has 0 aliphatic heterocycles. The molecule has 1 aliphatic carbocycles. The summed E-state index contributed by atoms with van der Waals surface area (Å²) in [5.74, 6) is 0.0229. The summed E-state index contributed by atoms with van der Waals surface area (Å²) in [6.07, 6.45) is 2.32. The van der Waals surface area contributed by atoms with E-state index in [-0.39, 0.29) is 16.8 Å². The standard InChI is InChI=1S/C14H21ClFN3O/c1-8(9-3-4-9)19(5-6-20-2)14-11(18)7-10(17)12(15)13(14)16/h7-9H,3-6,17-18H2,1-2H3. The molecule has 2 rings (SSSR count). The summed E-state index contributed by atoms with van der Waals surface area (Å²) in [7, 11) is 1.62. The number of nitrogens with zero attached hydrogens (tertiary/aromatic N) is 1. The number of methoxy groups -OCH3 is 1. The minimum Gasteiger partial charge on any atom is -0.397 e. The molecule has 1 aromatic rings. The topological polar surface area (TPSA) is 64.5 Å². The Hall–Kier alpha value is -1.20. The van der Waals surface area contributed by atoms with Crippen molar-refractivity contribution in [3.8, 4) is 0 Å². The van der Waals surface area contributed by atoms with Crippen LogP contribution in [0.2, 0.25) is 5.02 Å². The van der Waals surface area contributed by atoms with E-state index in [0.717, 1.165) is 12.8 Å². The Morgan fingerprint density at radius 3 is 2.65 bits per heavy atom. The molecule has 0 bridgehead atoms. The molecule has 0 amide bonds. The number of benzene rings is 1. The van der Waals surface area contributed by atoms with Gasteiger partial charge in [0.15, 0.2) is 5.82 Å². The van der Waals surface area contributed by atoms with E-state index in [1.807, 2.05) is 4.90 Å². The van der Waals surface area contributed by atoms with Gasteiger partial charge in [0, 0.05) is 19.7 Å². The Balaban J connectivity index is 2.39. The molecule has 1 aromatic carbocycles. The Labute approximate surface area is 123 Å². The van der Waals surface area contributed by atoms with Crippen LogP contribution in [0.4, 0.5) is 21.5 Å². The molecule has 1 atom stereocenters. The Bertz CT molecular complexity index is 494. The molecule has 0 heterocycles. The molecule has 0 spiro atoms. The zero-order valence-electron chi connectivity index (χ0n) is 11.8. The summed E-state index contributed by atoms with van der Waals surface area (Å²) >= 11 is 5.92. The van der Waals surface area contributed by atoms with Crippen LogP contribution in [0.25, 0.3) is 0 Å². The van der Waals surface area contributed by atoms with Crippen LogP contribution in [0.5, 0.6) is 0 Å². The van der Waals surface area contributed by atoms with Crippen molar-refractivity contribution in [3.63, 3.8) is 0 Å². The van der Waals surface area contributed by atoms with E-state index in [9.17, 15) is 4.39 Å². The number of nitrogens with two attached hydrogens (primary N) is 2. The van der Waals surface area contributed by atoms with Crippen molar-refractivity contribution in [1.82, 2.24) is 0 Å². The summed E-state index contributed by atoms with van der Waals surface area (Å²) in [5.41, 5.74) is 12.4. The molecule has 0 saturated heterocycles. The lowest BCUT2D eigenvalue weighted by molar-refractivity contribution is 0.202. The minimum atomic E-state index is -0.548. The summed E-state index contributed by atoms with van der Waals surface area (Å²) < 4.78 is 19.6. The Morgan fingerprint density at radius 2 is 2.10 bits per heavy atom. The first-order valence-corrected chi connectivity index (χ1v) is 7.13. The molecule has 0 radical (unpaired) electrons. The van der Waals surface area contributed by atoms with Gasteiger partial charge in [-0.25, -0.2) is 4.39 Å². The second kappa shape index (κ2) is 6.06. The highest BCUT2D eigenvalue weighted by Gasteiger charge is 2.34. The van der Waals surface area contributed by atoms with Crippen molar-refractivity contribution < 1.29 is 9.13 Å². The molecule has 1 saturated carbocycles. The van der Waals surface area contributed by atoms with Crippen LogP contribution in [0.1, 0.15) is 19.8 Å². The zero-order chi connectivity index (χ0) is 14.9. The fourth-order valence-electron chi connectivity index (χ4n) is 2.49. The van der Waals surface area contributed by atoms with Gasteiger partial charge in [-0.15, -0.1) is 0 Å². The van der Waals surface area contributed by atoms with Crippen molar-refractivity contribution in [2.24, 2.45) is 5.92 Å². The largest absolute Gasteiger partial charge is 0.397 e. The number of ether oxygens (including phenoxy) is 1. The van der Waals surface area contributed by atoms with Gasteiger partial charge in [0.25, 0.3) is 0 Å². The van der Waals surface area contributed by atoms with Gasteiger partial charge in [0.2, 0.25) is 0 Å². The molecule has 0 aromatic heterocycles. The first kappa shape index (κ1) is 15.2. The number of hydrogen-bond donors (Lipinski definition) is 2. The third-order valence-electron chi connectivity index (χ3n) is 3.86. The fraction of sp³-hybridized carbons (Fsp3) is 0.571. The fourth-order valence-corrected chi connectivity index (χ4v) is 2.63. The Morgan fingerprint density at radius 1 is 1.45 bits per heavy atom. The van der Waals surface area contributed by atoms with Crippen LogP contribution >= 0.6 is 11.6 Å². The van der Waals surface area contributed by atoms with Crippen molar-refractivity contribution in [3.05, 3.63) is 16.9 Å². The van der Waals surface area contributed by atoms with Crippen molar-refractivity contribution in [1.29, 1.82) is 0 Å². The average molecular weight is 302 g/mol. The lowest BCUT2D eigenvalue weighted by Crippen LogP contribution is -2.38. The number of nitrogen functional groups attached to an aromatic ring is 2. The average Bonchev–Trinajstić information content (AvgIpc) is 3.23. The smallest absolute Gasteiger partial charge is 0.169 e. The second-order valence-corrected chi connectivity index (χ2v) is 5.67. The van der Waals surface area contributed by atoms with Crippen LogP contribution in [0, 0.1) is 11.7 Å². The molecule has 4 N–H and O–H groups in total. The molecule has 20 heavy (non-hydrogen) atoms. The van der Waals surface area contributed by atoms with Crippen LogP contribution in [-0.4, -0.2) is 26.3 Å². The van der Waals surface area contributed by atoms with Gasteiger partial charge in [0.05, 0.1) is 23.7 Å². The molecule has 1 fully saturated rings. The third-order valence-corrected chi connectivity index (χ3v) is 4.24. The first-order valence-electron chi connectivity index (χ1n) is 6.75. The van der Waals surface area contributed by atoms with Crippen molar-refractivity contribution >= 4 is 28.7 Å². The van der Waals surface area contributed by atoms with Gasteiger partial charge in [-0.2, -0.15) is 0 Å². The highest BCUT2D eigenvalue weighted by atomic mass is 35.5. The minimum absolute atomic E-state index is 0.0698. The predicted molar refractivity (Wildman–Crippen MR) is 81.6 cm³/mol. The van der Waals surface area contributed by atoms with Crippen LogP contribution < -0.4 is 16.4 Å². The SMILES string of the molecule is COCCN(c1c(N)cc(N)c(Cl)c1F)C(C)C1CC1. The van der Waals surface area contributed by atoms with E-state index in [4.69, 9.17) is 27.8 Å². The van der Waals surface area contributed by atoms with Gasteiger partial charge in [-0.05, 0) is 31.7 Å². The number of halogens is 2. The van der Waals surface area contributed by atoms with Gasteiger partial charge >= 0.3 is 0 Å². The molecule has 6 heteroatoms. The maximum atomic E-state index is 14.5. The van der Waals surface area contributed by atoms with Crippen LogP contribution in [0.15, 0.2) is 6.07 Å². The highest BCUT2D eigenvalue weighted by molar-refractivity contribution is 6.33. The lowest BCUT2D eigenvalue weighted by atomic mass is 10.1. The van der Waals surface area contributed by atoms with Gasteiger partial charge in [-0.3, -0.25) is 0 Å². The number of rotatable bonds is 6. The van der Waals surface area contributed by atoms with Crippen molar-refractivity contribution in [2.45, 2.75) is 25.8 Å². The van der Waals surface area contributed by atoms with Gasteiger partial charge in [0.1, 0.15) is 5.02 Å². The summed E-state index contributed by atoms with van der Waals surface area (Å²) in [6, 6.07) is 1.71. The van der Waals surface area contributed by atoms with Crippen LogP contribution in [-0.2, 0) is 4.74 Å². The van der Waals surface area contributed by atoms with Crippen molar-refractivity contribution in [2.75, 3.05) is 36.6 Å². The predicted octanol–water partition coefficient (Wildman–Crippen LogP) is 2.89. The first-order chi connectivity index (χ1) is 9.47. The highest BCUT2D eigenvalue weighted by Crippen LogP contribution is 2.41. The molecular weight excluding hydrogens is 281 g/mol. The van der Waals surface area contributed by atoms with Gasteiger partial charge < -0.3 is 21.1 Å². The van der Waals surface area contributed by atoms with E-state index in [0.29, 0.717) is 30.4 Å². The maximum Gasteiger partial charge on any atom is 0.169 e. The molecular formula is C14H21ClFN3O. The molecule has 1 aliphatic rings. The molecule has 1 unspecified atom stereocenters. The van der Waals surface area contributed by atoms with E-state index < -0.39 is 5.82 Å². The molecule has 4 nitrogen and oxygen atoms in total. The zero-order valence-corrected chi connectivity index (χ0v) is 12.6. The normalized spacial score (nSPS) is 16.2. The maximum absolute atomic E-state index is 14.5. The second-order valence-electron chi connectivity index (χ2n) is 5.30. The summed E-state index contributed by atoms with van der Waals surface area (Å²) in [6.45, 7) is 3.14. The van der Waals surface area contributed by atoms with Gasteiger partial charge in [-0.1, -0.05) is 11.6 Å². The quantitative estimate of drug-likeness (QED) is 0.793. The monoisotopic (exact) mass is 301 g/mol. The van der Waals surface area contributed by atoms with E-state index in [1.54, 1.807) is 7.11 Å². The van der Waals surface area contributed by atoms with Crippen LogP contribution in [0.3, 0.4) is 0 Å². The van der Waals surface area contributed by atoms with E-state index >= 15 is 0 Å². The molecule has 112 valence electrons. The summed E-state index contributed by atoms with van der Waals surface area (Å²) in [5, 5.41) is -0.0698. The van der Waals surface area contributed by atoms with E-state index in [2.05, 4.69) is 6.92 Å². The summed E-state index contributed by atoms with van der Waals surface area (Å²) in [4.78, 5) is 1.94. The third kappa shape index (κ3) is 2.94. The Kier molecular flexibility index (Phi) is 4.60. The number of hydrogen-bond acceptors (Lipinski definition) is 4.